The van der Waals surface area contributed by atoms with Gasteiger partial charge in [-0.1, -0.05) is 57.1 Å². The molecule has 1 aromatic carbocycles. The predicted octanol–water partition coefficient (Wildman–Crippen LogP) is 5.51. The first kappa shape index (κ1) is 15.5. The van der Waals surface area contributed by atoms with Crippen molar-refractivity contribution in [2.45, 2.75) is 63.3 Å². The van der Waals surface area contributed by atoms with E-state index in [-0.39, 0.29) is 5.82 Å². The Balaban J connectivity index is 1.96. The average Bonchev–Trinajstić information content (AvgIpc) is 2.51. The van der Waals surface area contributed by atoms with Gasteiger partial charge in [-0.25, -0.2) is 4.39 Å². The molecular formula is C18H25BrFN. The minimum atomic E-state index is -0.478. The van der Waals surface area contributed by atoms with Gasteiger partial charge >= 0.3 is 0 Å². The molecule has 0 bridgehead atoms. The maximum Gasteiger partial charge on any atom is 0.142 e. The fourth-order valence-corrected chi connectivity index (χ4v) is 4.98. The number of hydrogen-bond donors (Lipinski definition) is 1. The lowest BCUT2D eigenvalue weighted by molar-refractivity contribution is 0.0957. The molecule has 0 spiro atoms. The summed E-state index contributed by atoms with van der Waals surface area (Å²) < 4.78 is 15.2. The van der Waals surface area contributed by atoms with Gasteiger partial charge in [0, 0.05) is 11.1 Å². The second-order valence-corrected chi connectivity index (χ2v) is 7.75. The van der Waals surface area contributed by atoms with E-state index in [0.29, 0.717) is 16.3 Å². The van der Waals surface area contributed by atoms with Crippen molar-refractivity contribution in [2.75, 3.05) is 0 Å². The molecule has 0 amide bonds. The van der Waals surface area contributed by atoms with Gasteiger partial charge in [0.25, 0.3) is 0 Å². The van der Waals surface area contributed by atoms with Gasteiger partial charge in [-0.2, -0.15) is 0 Å². The zero-order valence-electron chi connectivity index (χ0n) is 12.6. The number of hydrogen-bond acceptors (Lipinski definition) is 1. The molecule has 116 valence electrons. The van der Waals surface area contributed by atoms with Crippen molar-refractivity contribution in [3.63, 3.8) is 0 Å². The van der Waals surface area contributed by atoms with Gasteiger partial charge in [-0.3, -0.25) is 0 Å². The van der Waals surface area contributed by atoms with Crippen molar-refractivity contribution < 1.29 is 4.39 Å². The molecule has 21 heavy (non-hydrogen) atoms. The monoisotopic (exact) mass is 353 g/mol. The number of benzene rings is 1. The highest BCUT2D eigenvalue weighted by molar-refractivity contribution is 9.10. The molecule has 0 aliphatic heterocycles. The van der Waals surface area contributed by atoms with Crippen molar-refractivity contribution in [1.29, 1.82) is 0 Å². The predicted molar refractivity (Wildman–Crippen MR) is 88.5 cm³/mol. The Bertz CT molecular complexity index is 498. The van der Waals surface area contributed by atoms with E-state index < -0.39 is 5.54 Å². The van der Waals surface area contributed by atoms with Crippen molar-refractivity contribution in [3.8, 4) is 0 Å². The van der Waals surface area contributed by atoms with Crippen LogP contribution in [0.4, 0.5) is 4.39 Å². The van der Waals surface area contributed by atoms with E-state index in [1.807, 2.05) is 12.1 Å². The molecule has 0 saturated heterocycles. The standard InChI is InChI=1S/C18H25BrFN/c19-16-11-6-10-15(17(16)20)18(21)12-5-4-9-14(18)13-7-2-1-3-8-13/h6,10-11,13-14H,1-5,7-9,12,21H2. The summed E-state index contributed by atoms with van der Waals surface area (Å²) in [5.41, 5.74) is 7.12. The lowest BCUT2D eigenvalue weighted by Gasteiger charge is -2.47. The fraction of sp³-hybridized carbons (Fsp3) is 0.667. The lowest BCUT2D eigenvalue weighted by atomic mass is 9.62. The molecule has 2 atom stereocenters. The molecule has 0 aromatic heterocycles. The molecule has 3 heteroatoms. The Morgan fingerprint density at radius 1 is 1.05 bits per heavy atom. The molecule has 2 saturated carbocycles. The molecule has 2 fully saturated rings. The maximum atomic E-state index is 14.6. The zero-order chi connectivity index (χ0) is 14.9. The summed E-state index contributed by atoms with van der Waals surface area (Å²) in [4.78, 5) is 0. The Morgan fingerprint density at radius 3 is 2.52 bits per heavy atom. The second-order valence-electron chi connectivity index (χ2n) is 6.89. The molecule has 2 aliphatic carbocycles. The van der Waals surface area contributed by atoms with Gasteiger partial charge in [0.05, 0.1) is 4.47 Å². The van der Waals surface area contributed by atoms with Crippen LogP contribution in [0.15, 0.2) is 22.7 Å². The lowest BCUT2D eigenvalue weighted by Crippen LogP contribution is -2.50. The Morgan fingerprint density at radius 2 is 1.76 bits per heavy atom. The first-order valence-electron chi connectivity index (χ1n) is 8.36. The highest BCUT2D eigenvalue weighted by Gasteiger charge is 2.44. The van der Waals surface area contributed by atoms with Crippen molar-refractivity contribution in [1.82, 2.24) is 0 Å². The molecular weight excluding hydrogens is 329 g/mol. The van der Waals surface area contributed by atoms with E-state index in [4.69, 9.17) is 5.73 Å². The van der Waals surface area contributed by atoms with Gasteiger partial charge in [-0.05, 0) is 46.7 Å². The summed E-state index contributed by atoms with van der Waals surface area (Å²) in [5.74, 6) is 0.973. The minimum absolute atomic E-state index is 0.150. The Hall–Kier alpha value is -0.410. The van der Waals surface area contributed by atoms with Crippen LogP contribution in [0.25, 0.3) is 0 Å². The van der Waals surface area contributed by atoms with E-state index in [0.717, 1.165) is 24.8 Å². The molecule has 0 radical (unpaired) electrons. The molecule has 2 unspecified atom stereocenters. The quantitative estimate of drug-likeness (QED) is 0.744. The molecule has 1 aromatic rings. The molecule has 2 aliphatic rings. The van der Waals surface area contributed by atoms with Gasteiger partial charge in [-0.15, -0.1) is 0 Å². The normalized spacial score (nSPS) is 31.3. The van der Waals surface area contributed by atoms with Crippen LogP contribution in [-0.2, 0) is 5.54 Å². The summed E-state index contributed by atoms with van der Waals surface area (Å²) in [6.07, 6.45) is 11.0. The van der Waals surface area contributed by atoms with Crippen LogP contribution in [0.5, 0.6) is 0 Å². The summed E-state index contributed by atoms with van der Waals surface area (Å²) >= 11 is 3.32. The number of nitrogens with two attached hydrogens (primary N) is 1. The summed E-state index contributed by atoms with van der Waals surface area (Å²) in [6, 6.07) is 5.59. The highest BCUT2D eigenvalue weighted by atomic mass is 79.9. The van der Waals surface area contributed by atoms with Gasteiger partial charge in [0.1, 0.15) is 5.82 Å². The number of halogens is 2. The van der Waals surface area contributed by atoms with Crippen LogP contribution >= 0.6 is 15.9 Å². The second kappa shape index (κ2) is 6.37. The summed E-state index contributed by atoms with van der Waals surface area (Å²) in [5, 5.41) is 0. The van der Waals surface area contributed by atoms with Crippen molar-refractivity contribution in [3.05, 3.63) is 34.1 Å². The first-order chi connectivity index (χ1) is 10.1. The largest absolute Gasteiger partial charge is 0.321 e. The van der Waals surface area contributed by atoms with E-state index in [9.17, 15) is 4.39 Å². The first-order valence-corrected chi connectivity index (χ1v) is 9.15. The molecule has 0 heterocycles. The molecule has 1 nitrogen and oxygen atoms in total. The third kappa shape index (κ3) is 2.92. The molecule has 3 rings (SSSR count). The summed E-state index contributed by atoms with van der Waals surface area (Å²) in [7, 11) is 0. The average molecular weight is 354 g/mol. The van der Waals surface area contributed by atoms with Crippen LogP contribution < -0.4 is 5.73 Å². The van der Waals surface area contributed by atoms with Crippen molar-refractivity contribution in [2.24, 2.45) is 17.6 Å². The smallest absolute Gasteiger partial charge is 0.142 e. The van der Waals surface area contributed by atoms with Crippen LogP contribution in [0.1, 0.15) is 63.4 Å². The van der Waals surface area contributed by atoms with E-state index in [1.165, 1.54) is 38.5 Å². The topological polar surface area (TPSA) is 26.0 Å². The Labute approximate surface area is 135 Å². The SMILES string of the molecule is NC1(c2cccc(Br)c2F)CCCCC1C1CCCCC1. The van der Waals surface area contributed by atoms with Gasteiger partial charge in [0.2, 0.25) is 0 Å². The van der Waals surface area contributed by atoms with Crippen LogP contribution in [0, 0.1) is 17.7 Å². The van der Waals surface area contributed by atoms with Gasteiger partial charge < -0.3 is 5.73 Å². The van der Waals surface area contributed by atoms with Crippen molar-refractivity contribution >= 4 is 15.9 Å². The Kier molecular flexibility index (Phi) is 4.70. The number of rotatable bonds is 2. The highest BCUT2D eigenvalue weighted by Crippen LogP contribution is 2.48. The maximum absolute atomic E-state index is 14.6. The van der Waals surface area contributed by atoms with E-state index in [1.54, 1.807) is 6.07 Å². The molecule has 2 N–H and O–H groups in total. The minimum Gasteiger partial charge on any atom is -0.321 e. The van der Waals surface area contributed by atoms with Crippen LogP contribution in [0.3, 0.4) is 0 Å². The van der Waals surface area contributed by atoms with Crippen LogP contribution in [0.2, 0.25) is 0 Å². The van der Waals surface area contributed by atoms with E-state index >= 15 is 0 Å². The third-order valence-corrected chi connectivity index (χ3v) is 6.30. The fourth-order valence-electron chi connectivity index (χ4n) is 4.62. The summed E-state index contributed by atoms with van der Waals surface area (Å²) in [6.45, 7) is 0. The van der Waals surface area contributed by atoms with Crippen LogP contribution in [-0.4, -0.2) is 0 Å². The van der Waals surface area contributed by atoms with Gasteiger partial charge in [0.15, 0.2) is 0 Å². The zero-order valence-corrected chi connectivity index (χ0v) is 14.2. The third-order valence-electron chi connectivity index (χ3n) is 5.69. The van der Waals surface area contributed by atoms with E-state index in [2.05, 4.69) is 15.9 Å².